The van der Waals surface area contributed by atoms with Crippen molar-refractivity contribution in [3.63, 3.8) is 0 Å². The van der Waals surface area contributed by atoms with Crippen molar-refractivity contribution >= 4 is 29.2 Å². The molecule has 0 saturated carbocycles. The van der Waals surface area contributed by atoms with Crippen molar-refractivity contribution < 1.29 is 9.53 Å². The Kier molecular flexibility index (Phi) is 7.05. The lowest BCUT2D eigenvalue weighted by atomic mass is 10.0. The van der Waals surface area contributed by atoms with Crippen LogP contribution in [0.15, 0.2) is 71.9 Å². The molecule has 4 rings (SSSR count). The summed E-state index contributed by atoms with van der Waals surface area (Å²) >= 11 is 12.2. The highest BCUT2D eigenvalue weighted by Gasteiger charge is 2.28. The van der Waals surface area contributed by atoms with E-state index >= 15 is 0 Å². The first-order valence-corrected chi connectivity index (χ1v) is 11.6. The fourth-order valence-electron chi connectivity index (χ4n) is 3.57. The van der Waals surface area contributed by atoms with Gasteiger partial charge < -0.3 is 4.74 Å². The number of halogens is 2. The van der Waals surface area contributed by atoms with Crippen LogP contribution in [0, 0.1) is 0 Å². The fraction of sp³-hybridized carbons (Fsp3) is 0.240. The molecule has 0 spiro atoms. The minimum absolute atomic E-state index is 0.218. The number of benzene rings is 2. The molecule has 0 aliphatic carbocycles. The maximum atomic E-state index is 13.3. The third-order valence-electron chi connectivity index (χ3n) is 5.07. The summed E-state index contributed by atoms with van der Waals surface area (Å²) in [5.41, 5.74) is 1.27. The second-order valence-corrected chi connectivity index (χ2v) is 9.73. The first-order valence-electron chi connectivity index (χ1n) is 10.8. The van der Waals surface area contributed by atoms with Crippen LogP contribution in [0.2, 0.25) is 10.2 Å². The molecule has 4 aromatic rings. The van der Waals surface area contributed by atoms with Gasteiger partial charge in [0, 0.05) is 23.1 Å². The smallest absolute Gasteiger partial charge is 0.330 e. The quantitative estimate of drug-likeness (QED) is 0.341. The summed E-state index contributed by atoms with van der Waals surface area (Å²) in [6.07, 6.45) is 3.17. The van der Waals surface area contributed by atoms with Gasteiger partial charge in [0.2, 0.25) is 0 Å². The van der Waals surface area contributed by atoms with Crippen LogP contribution in [0.3, 0.4) is 0 Å². The van der Waals surface area contributed by atoms with E-state index in [4.69, 9.17) is 27.9 Å². The third kappa shape index (κ3) is 5.96. The molecule has 2 aromatic heterocycles. The van der Waals surface area contributed by atoms with Gasteiger partial charge in [-0.2, -0.15) is 0 Å². The monoisotopic (exact) mass is 511 g/mol. The highest BCUT2D eigenvalue weighted by Crippen LogP contribution is 2.28. The molecule has 0 bridgehead atoms. The number of carbonyl (C=O) groups is 1. The zero-order valence-corrected chi connectivity index (χ0v) is 20.9. The Morgan fingerprint density at radius 1 is 1.09 bits per heavy atom. The topological polar surface area (TPSA) is 91.9 Å². The number of rotatable bonds is 6. The summed E-state index contributed by atoms with van der Waals surface area (Å²) in [6.45, 7) is 5.35. The van der Waals surface area contributed by atoms with Crippen molar-refractivity contribution in [2.75, 3.05) is 0 Å². The van der Waals surface area contributed by atoms with Gasteiger partial charge in [0.15, 0.2) is 5.15 Å². The van der Waals surface area contributed by atoms with Crippen molar-refractivity contribution in [2.45, 2.75) is 38.8 Å². The molecule has 1 atom stereocenters. The Hall–Kier alpha value is -3.49. The maximum Gasteiger partial charge on any atom is 0.330 e. The molecular weight excluding hydrogens is 489 g/mol. The number of ether oxygens (including phenoxy) is 1. The second kappa shape index (κ2) is 10.0. The third-order valence-corrected chi connectivity index (χ3v) is 5.48. The molecule has 35 heavy (non-hydrogen) atoms. The molecular formula is C25H23Cl2N5O3. The molecule has 10 heteroatoms. The zero-order valence-electron chi connectivity index (χ0n) is 19.4. The highest BCUT2D eigenvalue weighted by molar-refractivity contribution is 6.31. The van der Waals surface area contributed by atoms with E-state index in [-0.39, 0.29) is 11.6 Å². The SMILES string of the molecule is CC(C)(C)OC(=O)C(Cc1ccccc1)n1cnc(-c2cc(Cl)ccc2-n2cc(Cl)nn2)cc1=O. The van der Waals surface area contributed by atoms with E-state index in [1.54, 1.807) is 39.0 Å². The number of hydrogen-bond acceptors (Lipinski definition) is 6. The summed E-state index contributed by atoms with van der Waals surface area (Å²) in [7, 11) is 0. The van der Waals surface area contributed by atoms with E-state index in [0.29, 0.717) is 22.0 Å². The van der Waals surface area contributed by atoms with E-state index < -0.39 is 23.2 Å². The van der Waals surface area contributed by atoms with Crippen LogP contribution in [-0.2, 0) is 16.0 Å². The van der Waals surface area contributed by atoms with E-state index in [1.165, 1.54) is 27.8 Å². The van der Waals surface area contributed by atoms with Crippen LogP contribution in [0.4, 0.5) is 0 Å². The maximum absolute atomic E-state index is 13.3. The van der Waals surface area contributed by atoms with E-state index in [2.05, 4.69) is 15.3 Å². The van der Waals surface area contributed by atoms with Crippen molar-refractivity contribution in [2.24, 2.45) is 0 Å². The Bertz CT molecular complexity index is 1410. The van der Waals surface area contributed by atoms with Crippen LogP contribution < -0.4 is 5.56 Å². The summed E-state index contributed by atoms with van der Waals surface area (Å²) in [4.78, 5) is 30.9. The molecule has 0 amide bonds. The van der Waals surface area contributed by atoms with Gasteiger partial charge in [-0.25, -0.2) is 14.5 Å². The molecule has 0 saturated heterocycles. The van der Waals surface area contributed by atoms with Gasteiger partial charge in [0.05, 0.1) is 23.9 Å². The lowest BCUT2D eigenvalue weighted by Crippen LogP contribution is -2.36. The lowest BCUT2D eigenvalue weighted by molar-refractivity contribution is -0.159. The Morgan fingerprint density at radius 2 is 1.83 bits per heavy atom. The summed E-state index contributed by atoms with van der Waals surface area (Å²) < 4.78 is 8.38. The van der Waals surface area contributed by atoms with E-state index in [1.807, 2.05) is 30.3 Å². The predicted octanol–water partition coefficient (Wildman–Crippen LogP) is 4.92. The van der Waals surface area contributed by atoms with Crippen molar-refractivity contribution in [1.29, 1.82) is 0 Å². The molecule has 8 nitrogen and oxygen atoms in total. The van der Waals surface area contributed by atoms with Crippen molar-refractivity contribution in [1.82, 2.24) is 24.5 Å². The normalized spacial score (nSPS) is 12.4. The van der Waals surface area contributed by atoms with Crippen LogP contribution in [0.1, 0.15) is 32.4 Å². The predicted molar refractivity (Wildman–Crippen MR) is 134 cm³/mol. The standard InChI is InChI=1S/C25H23Cl2N5O3/c1-25(2,3)35-24(34)21(11-16-7-5-4-6-8-16)31-15-28-19(13-23(31)33)18-12-17(26)9-10-20(18)32-14-22(27)29-30-32/h4-10,12-15,21H,11H2,1-3H3. The van der Waals surface area contributed by atoms with Gasteiger partial charge in [-0.05, 0) is 44.5 Å². The average molecular weight is 512 g/mol. The van der Waals surface area contributed by atoms with Gasteiger partial charge in [-0.3, -0.25) is 9.36 Å². The zero-order chi connectivity index (χ0) is 25.2. The summed E-state index contributed by atoms with van der Waals surface area (Å²) in [5, 5.41) is 8.47. The largest absolute Gasteiger partial charge is 0.458 e. The Morgan fingerprint density at radius 3 is 2.46 bits per heavy atom. The number of aromatic nitrogens is 5. The Balaban J connectivity index is 1.76. The van der Waals surface area contributed by atoms with Crippen molar-refractivity contribution in [3.05, 3.63) is 93.2 Å². The molecule has 2 aromatic carbocycles. The molecule has 180 valence electrons. The molecule has 0 aliphatic rings. The highest BCUT2D eigenvalue weighted by atomic mass is 35.5. The molecule has 0 fully saturated rings. The van der Waals surface area contributed by atoms with Gasteiger partial charge in [-0.15, -0.1) is 5.10 Å². The molecule has 0 radical (unpaired) electrons. The van der Waals surface area contributed by atoms with Crippen LogP contribution in [0.25, 0.3) is 16.9 Å². The molecule has 0 aliphatic heterocycles. The molecule has 1 unspecified atom stereocenters. The number of hydrogen-bond donors (Lipinski definition) is 0. The summed E-state index contributed by atoms with van der Waals surface area (Å²) in [6, 6.07) is 15.0. The van der Waals surface area contributed by atoms with Crippen LogP contribution >= 0.6 is 23.2 Å². The first kappa shape index (κ1) is 24.6. The second-order valence-electron chi connectivity index (χ2n) is 8.91. The van der Waals surface area contributed by atoms with Crippen molar-refractivity contribution in [3.8, 4) is 16.9 Å². The summed E-state index contributed by atoms with van der Waals surface area (Å²) in [5.74, 6) is -0.515. The van der Waals surface area contributed by atoms with E-state index in [0.717, 1.165) is 5.56 Å². The first-order chi connectivity index (χ1) is 16.6. The molecule has 2 heterocycles. The van der Waals surface area contributed by atoms with Crippen LogP contribution in [0.5, 0.6) is 0 Å². The van der Waals surface area contributed by atoms with Gasteiger partial charge >= 0.3 is 5.97 Å². The molecule has 0 N–H and O–H groups in total. The lowest BCUT2D eigenvalue weighted by Gasteiger charge is -2.25. The fourth-order valence-corrected chi connectivity index (χ4v) is 3.87. The average Bonchev–Trinajstić information content (AvgIpc) is 3.23. The number of esters is 1. The van der Waals surface area contributed by atoms with E-state index in [9.17, 15) is 9.59 Å². The van der Waals surface area contributed by atoms with Gasteiger partial charge in [-0.1, -0.05) is 58.7 Å². The van der Waals surface area contributed by atoms with Crippen LogP contribution in [-0.4, -0.2) is 36.1 Å². The minimum Gasteiger partial charge on any atom is -0.458 e. The Labute approximate surface area is 212 Å². The number of nitrogens with zero attached hydrogens (tertiary/aromatic N) is 5. The number of carbonyl (C=O) groups excluding carboxylic acids is 1. The van der Waals surface area contributed by atoms with Gasteiger partial charge in [0.1, 0.15) is 11.6 Å². The van der Waals surface area contributed by atoms with Gasteiger partial charge in [0.25, 0.3) is 5.56 Å². The minimum atomic E-state index is -0.890.